The van der Waals surface area contributed by atoms with E-state index in [9.17, 15) is 13.2 Å². The molecule has 0 bridgehead atoms. The second-order valence-corrected chi connectivity index (χ2v) is 3.93. The molecular formula is C12H9BF3NO3. The van der Waals surface area contributed by atoms with Crippen LogP contribution in [-0.4, -0.2) is 22.2 Å². The number of alkyl halides is 3. The van der Waals surface area contributed by atoms with E-state index in [4.69, 9.17) is 14.8 Å². The van der Waals surface area contributed by atoms with Crippen LogP contribution in [0, 0.1) is 0 Å². The molecule has 20 heavy (non-hydrogen) atoms. The highest BCUT2D eigenvalue weighted by molar-refractivity contribution is 6.58. The lowest BCUT2D eigenvalue weighted by atomic mass is 9.82. The summed E-state index contributed by atoms with van der Waals surface area (Å²) in [6.07, 6.45) is -3.19. The monoisotopic (exact) mass is 283 g/mol. The summed E-state index contributed by atoms with van der Waals surface area (Å²) in [7, 11) is -1.64. The molecule has 2 aromatic rings. The smallest absolute Gasteiger partial charge is 0.439 e. The van der Waals surface area contributed by atoms with E-state index in [0.717, 1.165) is 12.1 Å². The van der Waals surface area contributed by atoms with Crippen LogP contribution in [-0.2, 0) is 6.18 Å². The molecule has 0 aliphatic heterocycles. The van der Waals surface area contributed by atoms with Crippen molar-refractivity contribution in [2.75, 3.05) is 0 Å². The van der Waals surface area contributed by atoms with Gasteiger partial charge in [0.2, 0.25) is 5.88 Å². The van der Waals surface area contributed by atoms with E-state index in [2.05, 4.69) is 4.98 Å². The van der Waals surface area contributed by atoms with Gasteiger partial charge in [-0.25, -0.2) is 4.98 Å². The molecule has 1 aromatic carbocycles. The zero-order valence-electron chi connectivity index (χ0n) is 10.0. The van der Waals surface area contributed by atoms with Crippen molar-refractivity contribution in [1.82, 2.24) is 4.98 Å². The maximum Gasteiger partial charge on any atom is 0.490 e. The summed E-state index contributed by atoms with van der Waals surface area (Å²) in [6, 6.07) is 6.94. The van der Waals surface area contributed by atoms with Gasteiger partial charge in [-0.1, -0.05) is 6.07 Å². The van der Waals surface area contributed by atoms with E-state index >= 15 is 0 Å². The van der Waals surface area contributed by atoms with Crippen LogP contribution < -0.4 is 10.2 Å². The summed E-state index contributed by atoms with van der Waals surface area (Å²) >= 11 is 0. The molecule has 1 heterocycles. The molecule has 0 aliphatic carbocycles. The second kappa shape index (κ2) is 5.52. The molecule has 4 nitrogen and oxygen atoms in total. The van der Waals surface area contributed by atoms with Gasteiger partial charge < -0.3 is 14.8 Å². The Morgan fingerprint density at radius 1 is 1.00 bits per heavy atom. The fourth-order valence-corrected chi connectivity index (χ4v) is 1.44. The highest BCUT2D eigenvalue weighted by atomic mass is 19.4. The van der Waals surface area contributed by atoms with Gasteiger partial charge in [-0.05, 0) is 24.3 Å². The lowest BCUT2D eigenvalue weighted by molar-refractivity contribution is -0.137. The quantitative estimate of drug-likeness (QED) is 0.839. The normalized spacial score (nSPS) is 11.2. The Bertz CT molecular complexity index is 570. The first-order chi connectivity index (χ1) is 9.36. The second-order valence-electron chi connectivity index (χ2n) is 3.93. The summed E-state index contributed by atoms with van der Waals surface area (Å²) in [5.41, 5.74) is -0.582. The Balaban J connectivity index is 2.10. The summed E-state index contributed by atoms with van der Waals surface area (Å²) in [4.78, 5) is 3.80. The Labute approximate surface area is 112 Å². The van der Waals surface area contributed by atoms with Gasteiger partial charge in [-0.2, -0.15) is 13.2 Å². The summed E-state index contributed by atoms with van der Waals surface area (Å²) < 4.78 is 42.3. The molecule has 2 rings (SSSR count). The minimum Gasteiger partial charge on any atom is -0.439 e. The third kappa shape index (κ3) is 3.49. The van der Waals surface area contributed by atoms with Crippen molar-refractivity contribution in [3.05, 3.63) is 48.2 Å². The molecule has 0 amide bonds. The van der Waals surface area contributed by atoms with E-state index in [1.54, 1.807) is 0 Å². The maximum absolute atomic E-state index is 12.4. The number of rotatable bonds is 3. The average molecular weight is 283 g/mol. The van der Waals surface area contributed by atoms with Crippen LogP contribution in [0.5, 0.6) is 11.6 Å². The van der Waals surface area contributed by atoms with Crippen LogP contribution in [0.2, 0.25) is 0 Å². The maximum atomic E-state index is 12.4. The standard InChI is InChI=1S/C12H9BF3NO3/c14-12(15,16)8-1-4-10(5-2-8)20-11-6-3-9(7-17-11)13(18)19/h1-7,18-19H. The molecule has 0 radical (unpaired) electrons. The molecule has 0 aliphatic rings. The lowest BCUT2D eigenvalue weighted by Crippen LogP contribution is -2.29. The van der Waals surface area contributed by atoms with E-state index in [0.29, 0.717) is 0 Å². The van der Waals surface area contributed by atoms with E-state index in [-0.39, 0.29) is 17.1 Å². The Morgan fingerprint density at radius 3 is 2.10 bits per heavy atom. The number of hydrogen-bond donors (Lipinski definition) is 2. The van der Waals surface area contributed by atoms with Crippen LogP contribution in [0.4, 0.5) is 13.2 Å². The number of pyridine rings is 1. The van der Waals surface area contributed by atoms with Gasteiger partial charge in [0.15, 0.2) is 0 Å². The minimum absolute atomic E-state index is 0.133. The van der Waals surface area contributed by atoms with E-state index in [1.807, 2.05) is 0 Å². The highest BCUT2D eigenvalue weighted by Crippen LogP contribution is 2.30. The van der Waals surface area contributed by atoms with Gasteiger partial charge in [0.25, 0.3) is 0 Å². The van der Waals surface area contributed by atoms with Crippen molar-refractivity contribution >= 4 is 12.6 Å². The van der Waals surface area contributed by atoms with Crippen molar-refractivity contribution < 1.29 is 28.0 Å². The Hall–Kier alpha value is -2.06. The molecule has 0 fully saturated rings. The first-order valence-electron chi connectivity index (χ1n) is 5.53. The van der Waals surface area contributed by atoms with Crippen molar-refractivity contribution in [1.29, 1.82) is 0 Å². The largest absolute Gasteiger partial charge is 0.490 e. The lowest BCUT2D eigenvalue weighted by Gasteiger charge is -2.08. The fraction of sp³-hybridized carbons (Fsp3) is 0.0833. The number of nitrogens with zero attached hydrogens (tertiary/aromatic N) is 1. The van der Waals surface area contributed by atoms with Crippen LogP contribution in [0.3, 0.4) is 0 Å². The van der Waals surface area contributed by atoms with Crippen LogP contribution in [0.1, 0.15) is 5.56 Å². The van der Waals surface area contributed by atoms with E-state index < -0.39 is 18.9 Å². The Morgan fingerprint density at radius 2 is 1.65 bits per heavy atom. The Kier molecular flexibility index (Phi) is 3.96. The van der Waals surface area contributed by atoms with Crippen molar-refractivity contribution in [3.63, 3.8) is 0 Å². The number of ether oxygens (including phenoxy) is 1. The molecular weight excluding hydrogens is 274 g/mol. The van der Waals surface area contributed by atoms with Crippen molar-refractivity contribution in [3.8, 4) is 11.6 Å². The van der Waals surface area contributed by atoms with Gasteiger partial charge >= 0.3 is 13.3 Å². The highest BCUT2D eigenvalue weighted by Gasteiger charge is 2.30. The van der Waals surface area contributed by atoms with Gasteiger partial charge in [0.05, 0.1) is 5.56 Å². The molecule has 1 aromatic heterocycles. The third-order valence-corrected chi connectivity index (χ3v) is 2.46. The first kappa shape index (κ1) is 14.4. The molecule has 104 valence electrons. The summed E-state index contributed by atoms with van der Waals surface area (Å²) in [5, 5.41) is 17.8. The zero-order chi connectivity index (χ0) is 14.8. The molecule has 2 N–H and O–H groups in total. The predicted octanol–water partition coefficient (Wildman–Crippen LogP) is 1.57. The SMILES string of the molecule is OB(O)c1ccc(Oc2ccc(C(F)(F)F)cc2)nc1. The van der Waals surface area contributed by atoms with E-state index in [1.165, 1.54) is 30.5 Å². The van der Waals surface area contributed by atoms with Crippen molar-refractivity contribution in [2.45, 2.75) is 6.18 Å². The minimum atomic E-state index is -4.39. The summed E-state index contributed by atoms with van der Waals surface area (Å²) in [6.45, 7) is 0. The molecule has 0 atom stereocenters. The number of aromatic nitrogens is 1. The third-order valence-electron chi connectivity index (χ3n) is 2.46. The molecule has 0 spiro atoms. The average Bonchev–Trinajstić information content (AvgIpc) is 2.39. The predicted molar refractivity (Wildman–Crippen MR) is 65.6 cm³/mol. The molecule has 8 heteroatoms. The first-order valence-corrected chi connectivity index (χ1v) is 5.53. The molecule has 0 saturated heterocycles. The van der Waals surface area contributed by atoms with Crippen molar-refractivity contribution in [2.24, 2.45) is 0 Å². The topological polar surface area (TPSA) is 62.6 Å². The van der Waals surface area contributed by atoms with Crippen LogP contribution >= 0.6 is 0 Å². The number of benzene rings is 1. The molecule has 0 saturated carbocycles. The van der Waals surface area contributed by atoms with Gasteiger partial charge in [0.1, 0.15) is 5.75 Å². The van der Waals surface area contributed by atoms with Crippen LogP contribution in [0.15, 0.2) is 42.6 Å². The molecule has 0 unspecified atom stereocenters. The van der Waals surface area contributed by atoms with Gasteiger partial charge in [0, 0.05) is 17.7 Å². The number of halogens is 3. The summed E-state index contributed by atoms with van der Waals surface area (Å²) in [5.74, 6) is 0.331. The van der Waals surface area contributed by atoms with Gasteiger partial charge in [-0.3, -0.25) is 0 Å². The fourth-order valence-electron chi connectivity index (χ4n) is 1.44. The number of hydrogen-bond acceptors (Lipinski definition) is 4. The van der Waals surface area contributed by atoms with Gasteiger partial charge in [-0.15, -0.1) is 0 Å². The van der Waals surface area contributed by atoms with Crippen LogP contribution in [0.25, 0.3) is 0 Å². The zero-order valence-corrected chi connectivity index (χ0v) is 10.0.